The number of aromatic nitrogens is 2. The van der Waals surface area contributed by atoms with Gasteiger partial charge >= 0.3 is 6.03 Å². The summed E-state index contributed by atoms with van der Waals surface area (Å²) in [6.45, 7) is 0.715. The van der Waals surface area contributed by atoms with Crippen LogP contribution in [0.3, 0.4) is 0 Å². The van der Waals surface area contributed by atoms with Crippen molar-refractivity contribution in [3.05, 3.63) is 78.1 Å². The van der Waals surface area contributed by atoms with E-state index >= 15 is 0 Å². The van der Waals surface area contributed by atoms with Gasteiger partial charge in [-0.2, -0.15) is 5.10 Å². The van der Waals surface area contributed by atoms with Gasteiger partial charge in [-0.1, -0.05) is 54.6 Å². The van der Waals surface area contributed by atoms with Crippen LogP contribution in [0.25, 0.3) is 11.1 Å². The van der Waals surface area contributed by atoms with Crippen LogP contribution in [-0.4, -0.2) is 21.7 Å². The molecule has 1 saturated heterocycles. The molecular weight excluding hydrogens is 316 g/mol. The van der Waals surface area contributed by atoms with Crippen LogP contribution in [0.4, 0.5) is 4.79 Å². The fourth-order valence-electron chi connectivity index (χ4n) is 2.89. The number of nitrogens with zero attached hydrogens (tertiary/aromatic N) is 2. The minimum Gasteiger partial charge on any atom is -0.322 e. The molecule has 0 radical (unpaired) electrons. The molecule has 6 nitrogen and oxygen atoms in total. The Kier molecular flexibility index (Phi) is 3.78. The van der Waals surface area contributed by atoms with Crippen LogP contribution < -0.4 is 10.6 Å². The van der Waals surface area contributed by atoms with Crippen LogP contribution in [0.2, 0.25) is 0 Å². The van der Waals surface area contributed by atoms with Gasteiger partial charge in [0, 0.05) is 11.8 Å². The van der Waals surface area contributed by atoms with E-state index in [9.17, 15) is 9.59 Å². The van der Waals surface area contributed by atoms with Gasteiger partial charge in [-0.05, 0) is 16.7 Å². The average molecular weight is 332 g/mol. The predicted octanol–water partition coefficient (Wildman–Crippen LogP) is 2.48. The SMILES string of the molecule is O=C1NC(=O)C(c2ccc(-c3cnn(Cc4ccccc4)c3)cc2)N1. The molecule has 4 rings (SSSR count). The molecule has 1 aliphatic rings. The Labute approximate surface area is 144 Å². The molecule has 2 heterocycles. The van der Waals surface area contributed by atoms with E-state index < -0.39 is 12.1 Å². The summed E-state index contributed by atoms with van der Waals surface area (Å²) in [4.78, 5) is 22.9. The lowest BCUT2D eigenvalue weighted by Crippen LogP contribution is -2.22. The second-order valence-corrected chi connectivity index (χ2v) is 5.93. The van der Waals surface area contributed by atoms with Gasteiger partial charge in [-0.3, -0.25) is 14.8 Å². The van der Waals surface area contributed by atoms with Crippen molar-refractivity contribution >= 4 is 11.9 Å². The highest BCUT2D eigenvalue weighted by Crippen LogP contribution is 2.23. The normalized spacial score (nSPS) is 16.6. The zero-order chi connectivity index (χ0) is 17.2. The molecule has 124 valence electrons. The summed E-state index contributed by atoms with van der Waals surface area (Å²) < 4.78 is 1.89. The highest BCUT2D eigenvalue weighted by Gasteiger charge is 2.30. The molecule has 2 aromatic carbocycles. The number of benzene rings is 2. The van der Waals surface area contributed by atoms with Crippen LogP contribution >= 0.6 is 0 Å². The van der Waals surface area contributed by atoms with Gasteiger partial charge in [0.1, 0.15) is 6.04 Å². The zero-order valence-electron chi connectivity index (χ0n) is 13.3. The van der Waals surface area contributed by atoms with Crippen LogP contribution in [-0.2, 0) is 11.3 Å². The Hall–Kier alpha value is -3.41. The van der Waals surface area contributed by atoms with Gasteiger partial charge in [0.15, 0.2) is 0 Å². The Morgan fingerprint density at radius 1 is 0.960 bits per heavy atom. The van der Waals surface area contributed by atoms with Gasteiger partial charge < -0.3 is 5.32 Å². The molecule has 0 aliphatic carbocycles. The summed E-state index contributed by atoms with van der Waals surface area (Å²) in [6.07, 6.45) is 3.81. The average Bonchev–Trinajstić information content (AvgIpc) is 3.22. The van der Waals surface area contributed by atoms with Crippen LogP contribution in [0.15, 0.2) is 67.0 Å². The van der Waals surface area contributed by atoms with Crippen molar-refractivity contribution in [2.24, 2.45) is 0 Å². The van der Waals surface area contributed by atoms with Crippen molar-refractivity contribution < 1.29 is 9.59 Å². The Bertz CT molecular complexity index is 916. The maximum absolute atomic E-state index is 11.7. The predicted molar refractivity (Wildman–Crippen MR) is 92.6 cm³/mol. The van der Waals surface area contributed by atoms with Crippen molar-refractivity contribution in [1.29, 1.82) is 0 Å². The quantitative estimate of drug-likeness (QED) is 0.721. The first-order chi connectivity index (χ1) is 12.2. The molecule has 3 aromatic rings. The van der Waals surface area contributed by atoms with Gasteiger partial charge in [0.2, 0.25) is 0 Å². The third-order valence-corrected chi connectivity index (χ3v) is 4.17. The van der Waals surface area contributed by atoms with E-state index in [-0.39, 0.29) is 5.91 Å². The molecule has 1 aromatic heterocycles. The Morgan fingerprint density at radius 2 is 1.72 bits per heavy atom. The number of nitrogens with one attached hydrogen (secondary N) is 2. The zero-order valence-corrected chi connectivity index (χ0v) is 13.3. The van der Waals surface area contributed by atoms with Gasteiger partial charge in [0.05, 0.1) is 12.7 Å². The maximum Gasteiger partial charge on any atom is 0.322 e. The molecule has 0 bridgehead atoms. The molecule has 3 amide bonds. The molecular formula is C19H16N4O2. The molecule has 1 atom stereocenters. The molecule has 1 unspecified atom stereocenters. The molecule has 2 N–H and O–H groups in total. The van der Waals surface area contributed by atoms with E-state index in [2.05, 4.69) is 27.9 Å². The molecule has 0 saturated carbocycles. The minimum absolute atomic E-state index is 0.326. The largest absolute Gasteiger partial charge is 0.322 e. The van der Waals surface area contributed by atoms with Crippen molar-refractivity contribution in [2.45, 2.75) is 12.6 Å². The smallest absolute Gasteiger partial charge is 0.322 e. The number of imide groups is 1. The third kappa shape index (κ3) is 3.14. The van der Waals surface area contributed by atoms with Gasteiger partial charge in [-0.25, -0.2) is 4.79 Å². The Morgan fingerprint density at radius 3 is 2.40 bits per heavy atom. The van der Waals surface area contributed by atoms with E-state index in [0.29, 0.717) is 6.54 Å². The highest BCUT2D eigenvalue weighted by atomic mass is 16.2. The second-order valence-electron chi connectivity index (χ2n) is 5.93. The van der Waals surface area contributed by atoms with Crippen LogP contribution in [0.1, 0.15) is 17.2 Å². The van der Waals surface area contributed by atoms with E-state index in [1.807, 2.05) is 59.5 Å². The van der Waals surface area contributed by atoms with Crippen molar-refractivity contribution in [1.82, 2.24) is 20.4 Å². The molecule has 1 fully saturated rings. The van der Waals surface area contributed by atoms with E-state index in [1.165, 1.54) is 5.56 Å². The topological polar surface area (TPSA) is 76.0 Å². The maximum atomic E-state index is 11.7. The first-order valence-corrected chi connectivity index (χ1v) is 7.97. The van der Waals surface area contributed by atoms with Crippen molar-refractivity contribution in [3.63, 3.8) is 0 Å². The summed E-state index contributed by atoms with van der Waals surface area (Å²) in [7, 11) is 0. The van der Waals surface area contributed by atoms with E-state index in [4.69, 9.17) is 0 Å². The van der Waals surface area contributed by atoms with E-state index in [0.717, 1.165) is 16.7 Å². The monoisotopic (exact) mass is 332 g/mol. The standard InChI is InChI=1S/C19H16N4O2/c24-18-17(21-19(25)22-18)15-8-6-14(7-9-15)16-10-20-23(12-16)11-13-4-2-1-3-5-13/h1-10,12,17H,11H2,(H2,21,22,24,25). The number of amides is 3. The van der Waals surface area contributed by atoms with Crippen molar-refractivity contribution in [2.75, 3.05) is 0 Å². The lowest BCUT2D eigenvalue weighted by Gasteiger charge is -2.08. The number of hydrogen-bond donors (Lipinski definition) is 2. The Balaban J connectivity index is 1.51. The highest BCUT2D eigenvalue weighted by molar-refractivity contribution is 6.04. The number of hydrogen-bond acceptors (Lipinski definition) is 3. The number of urea groups is 1. The summed E-state index contributed by atoms with van der Waals surface area (Å²) in [6, 6.07) is 16.6. The second kappa shape index (κ2) is 6.24. The van der Waals surface area contributed by atoms with Crippen LogP contribution in [0.5, 0.6) is 0 Å². The lowest BCUT2D eigenvalue weighted by molar-refractivity contribution is -0.120. The first kappa shape index (κ1) is 15.1. The summed E-state index contributed by atoms with van der Waals surface area (Å²) in [5.41, 5.74) is 3.95. The fourth-order valence-corrected chi connectivity index (χ4v) is 2.89. The molecule has 0 spiro atoms. The van der Waals surface area contributed by atoms with Crippen molar-refractivity contribution in [3.8, 4) is 11.1 Å². The summed E-state index contributed by atoms with van der Waals surface area (Å²) in [5, 5.41) is 9.24. The van der Waals surface area contributed by atoms with Crippen LogP contribution in [0, 0.1) is 0 Å². The summed E-state index contributed by atoms with van der Waals surface area (Å²) >= 11 is 0. The fraction of sp³-hybridized carbons (Fsp3) is 0.105. The number of rotatable bonds is 4. The minimum atomic E-state index is -0.623. The molecule has 1 aliphatic heterocycles. The lowest BCUT2D eigenvalue weighted by atomic mass is 10.0. The van der Waals surface area contributed by atoms with Gasteiger partial charge in [0.25, 0.3) is 5.91 Å². The van der Waals surface area contributed by atoms with E-state index in [1.54, 1.807) is 0 Å². The first-order valence-electron chi connectivity index (χ1n) is 7.97. The van der Waals surface area contributed by atoms with Gasteiger partial charge in [-0.15, -0.1) is 0 Å². The molecule has 6 heteroatoms. The summed E-state index contributed by atoms with van der Waals surface area (Å²) in [5.74, 6) is -0.326. The number of carbonyl (C=O) groups is 2. The third-order valence-electron chi connectivity index (χ3n) is 4.17. The number of carbonyl (C=O) groups excluding carboxylic acids is 2. The molecule has 25 heavy (non-hydrogen) atoms.